The van der Waals surface area contributed by atoms with E-state index in [0.29, 0.717) is 23.8 Å². The van der Waals surface area contributed by atoms with Crippen molar-refractivity contribution < 1.29 is 9.53 Å². The molecule has 194 valence electrons. The van der Waals surface area contributed by atoms with Gasteiger partial charge in [0.1, 0.15) is 5.75 Å². The van der Waals surface area contributed by atoms with E-state index < -0.39 is 11.2 Å². The zero-order valence-corrected chi connectivity index (χ0v) is 21.3. The first-order chi connectivity index (χ1) is 17.9. The third-order valence-corrected chi connectivity index (χ3v) is 7.18. The Bertz CT molecular complexity index is 1520. The van der Waals surface area contributed by atoms with Crippen LogP contribution in [0, 0.1) is 11.8 Å². The van der Waals surface area contributed by atoms with Crippen LogP contribution in [0.3, 0.4) is 0 Å². The molecule has 2 aromatic heterocycles. The number of nitrogens with zero attached hydrogens (tertiary/aromatic N) is 5. The van der Waals surface area contributed by atoms with Crippen LogP contribution >= 0.6 is 0 Å². The Morgan fingerprint density at radius 1 is 1.19 bits per heavy atom. The lowest BCUT2D eigenvalue weighted by molar-refractivity contribution is 0.0965. The van der Waals surface area contributed by atoms with E-state index in [1.54, 1.807) is 36.7 Å². The van der Waals surface area contributed by atoms with Crippen molar-refractivity contribution in [3.8, 4) is 17.6 Å². The minimum Gasteiger partial charge on any atom is -0.490 e. The molecule has 1 saturated heterocycles. The lowest BCUT2D eigenvalue weighted by Gasteiger charge is -2.31. The van der Waals surface area contributed by atoms with Crippen molar-refractivity contribution in [3.05, 3.63) is 50.7 Å². The van der Waals surface area contributed by atoms with Gasteiger partial charge in [0.05, 0.1) is 19.2 Å². The molecule has 3 aromatic rings. The fourth-order valence-electron chi connectivity index (χ4n) is 4.90. The fourth-order valence-corrected chi connectivity index (χ4v) is 4.90. The molecule has 1 aromatic carbocycles. The molecular formula is C27H32N6O4. The molecule has 0 bridgehead atoms. The maximum Gasteiger partial charge on any atom is 0.332 e. The number of carbonyl (C=O) groups excluding carboxylic acids is 1. The lowest BCUT2D eigenvalue weighted by Crippen LogP contribution is -2.44. The van der Waals surface area contributed by atoms with Gasteiger partial charge in [-0.05, 0) is 51.2 Å². The summed E-state index contributed by atoms with van der Waals surface area (Å²) in [6, 6.07) is 6.91. The summed E-state index contributed by atoms with van der Waals surface area (Å²) in [5.74, 6) is 6.71. The number of anilines is 1. The smallest absolute Gasteiger partial charge is 0.332 e. The van der Waals surface area contributed by atoms with Gasteiger partial charge in [-0.15, -0.1) is 5.92 Å². The summed E-state index contributed by atoms with van der Waals surface area (Å²) in [5, 5.41) is 0. The molecule has 37 heavy (non-hydrogen) atoms. The van der Waals surface area contributed by atoms with Crippen LogP contribution in [0.1, 0.15) is 49.4 Å². The zero-order valence-electron chi connectivity index (χ0n) is 21.3. The number of rotatable bonds is 7. The number of piperidine rings is 1. The number of ketones is 1. The van der Waals surface area contributed by atoms with Gasteiger partial charge in [-0.25, -0.2) is 4.79 Å². The standard InChI is InChI=1S/C27H32N6O4/c1-3-4-14-32-23-24(29-26(32)31-13-7-9-19(28)16-31)30(2)27(36)33(25(23)35)17-22(34)18-8-5-12-21(15-18)37-20-10-6-11-20/h5,8,12,15,19-20H,6-7,9-11,13-14,16-17,28H2,1-2H3/t19-/m1/s1. The topological polar surface area (TPSA) is 117 Å². The highest BCUT2D eigenvalue weighted by molar-refractivity contribution is 5.96. The molecule has 2 N–H and O–H groups in total. The van der Waals surface area contributed by atoms with Crippen LogP contribution in [0.15, 0.2) is 33.9 Å². The maximum atomic E-state index is 13.7. The Hall–Kier alpha value is -3.84. The number of ether oxygens (including phenoxy) is 1. The molecule has 1 aliphatic carbocycles. The minimum atomic E-state index is -0.596. The van der Waals surface area contributed by atoms with E-state index in [1.165, 1.54) is 4.57 Å². The van der Waals surface area contributed by atoms with Crippen LogP contribution in [-0.2, 0) is 20.1 Å². The molecular weight excluding hydrogens is 472 g/mol. The van der Waals surface area contributed by atoms with Crippen LogP contribution < -0.4 is 26.6 Å². The second kappa shape index (κ2) is 10.3. The van der Waals surface area contributed by atoms with Crippen LogP contribution in [0.5, 0.6) is 5.75 Å². The van der Waals surface area contributed by atoms with E-state index in [-0.39, 0.29) is 42.2 Å². The normalized spacial score (nSPS) is 17.8. The third kappa shape index (κ3) is 4.79. The van der Waals surface area contributed by atoms with Crippen LogP contribution in [0.25, 0.3) is 11.2 Å². The fraction of sp³-hybridized carbons (Fsp3) is 0.481. The Kier molecular flexibility index (Phi) is 6.89. The Morgan fingerprint density at radius 2 is 2.00 bits per heavy atom. The van der Waals surface area contributed by atoms with Crippen molar-refractivity contribution in [2.75, 3.05) is 18.0 Å². The number of hydrogen-bond donors (Lipinski definition) is 1. The number of benzene rings is 1. The molecule has 2 fully saturated rings. The summed E-state index contributed by atoms with van der Waals surface area (Å²) in [6.07, 6.45) is 5.16. The molecule has 1 aliphatic heterocycles. The van der Waals surface area contributed by atoms with Gasteiger partial charge in [-0.2, -0.15) is 4.98 Å². The third-order valence-electron chi connectivity index (χ3n) is 7.18. The quantitative estimate of drug-likeness (QED) is 0.384. The number of nitrogens with two attached hydrogens (primary N) is 1. The maximum absolute atomic E-state index is 13.7. The van der Waals surface area contributed by atoms with Crippen molar-refractivity contribution in [1.29, 1.82) is 0 Å². The molecule has 3 heterocycles. The van der Waals surface area contributed by atoms with E-state index in [9.17, 15) is 14.4 Å². The Morgan fingerprint density at radius 3 is 2.70 bits per heavy atom. The van der Waals surface area contributed by atoms with E-state index in [0.717, 1.165) is 43.2 Å². The van der Waals surface area contributed by atoms with E-state index in [4.69, 9.17) is 10.5 Å². The highest BCUT2D eigenvalue weighted by atomic mass is 16.5. The number of hydrogen-bond acceptors (Lipinski definition) is 7. The predicted molar refractivity (Wildman–Crippen MR) is 141 cm³/mol. The summed E-state index contributed by atoms with van der Waals surface area (Å²) in [4.78, 5) is 46.9. The predicted octanol–water partition coefficient (Wildman–Crippen LogP) is 1.66. The molecule has 0 spiro atoms. The number of carbonyl (C=O) groups is 1. The van der Waals surface area contributed by atoms with Crippen molar-refractivity contribution in [2.24, 2.45) is 12.8 Å². The number of aryl methyl sites for hydroxylation is 1. The Labute approximate surface area is 214 Å². The van der Waals surface area contributed by atoms with Crippen molar-refractivity contribution in [1.82, 2.24) is 18.7 Å². The lowest BCUT2D eigenvalue weighted by atomic mass is 9.96. The van der Waals surface area contributed by atoms with Crippen molar-refractivity contribution >= 4 is 22.9 Å². The van der Waals surface area contributed by atoms with E-state index >= 15 is 0 Å². The van der Waals surface area contributed by atoms with Crippen LogP contribution in [-0.4, -0.2) is 49.7 Å². The first kappa shape index (κ1) is 24.8. The first-order valence-corrected chi connectivity index (χ1v) is 12.8. The van der Waals surface area contributed by atoms with Gasteiger partial charge in [-0.3, -0.25) is 23.3 Å². The number of imidazole rings is 1. The summed E-state index contributed by atoms with van der Waals surface area (Å²) in [6.45, 7) is 2.92. The van der Waals surface area contributed by atoms with Gasteiger partial charge >= 0.3 is 5.69 Å². The molecule has 0 radical (unpaired) electrons. The summed E-state index contributed by atoms with van der Waals surface area (Å²) in [5.41, 5.74) is 5.94. The van der Waals surface area contributed by atoms with Crippen LogP contribution in [0.4, 0.5) is 5.95 Å². The van der Waals surface area contributed by atoms with Gasteiger partial charge in [0.15, 0.2) is 16.9 Å². The Balaban J connectivity index is 1.54. The second-order valence-corrected chi connectivity index (χ2v) is 9.80. The highest BCUT2D eigenvalue weighted by Gasteiger charge is 2.27. The monoisotopic (exact) mass is 504 g/mol. The molecule has 2 aliphatic rings. The van der Waals surface area contributed by atoms with Gasteiger partial charge < -0.3 is 15.4 Å². The molecule has 0 amide bonds. The molecule has 10 nitrogen and oxygen atoms in total. The largest absolute Gasteiger partial charge is 0.490 e. The highest BCUT2D eigenvalue weighted by Crippen LogP contribution is 2.26. The van der Waals surface area contributed by atoms with Crippen LogP contribution in [0.2, 0.25) is 0 Å². The van der Waals surface area contributed by atoms with E-state index in [2.05, 4.69) is 16.8 Å². The molecule has 5 rings (SSSR count). The van der Waals surface area contributed by atoms with E-state index in [1.807, 2.05) is 11.0 Å². The van der Waals surface area contributed by atoms with Gasteiger partial charge in [0.25, 0.3) is 5.56 Å². The van der Waals surface area contributed by atoms with Gasteiger partial charge in [-0.1, -0.05) is 18.1 Å². The summed E-state index contributed by atoms with van der Waals surface area (Å²) in [7, 11) is 1.56. The van der Waals surface area contributed by atoms with Gasteiger partial charge in [0.2, 0.25) is 5.95 Å². The number of aromatic nitrogens is 4. The molecule has 0 unspecified atom stereocenters. The van der Waals surface area contributed by atoms with Gasteiger partial charge in [0, 0.05) is 31.7 Å². The molecule has 1 atom stereocenters. The summed E-state index contributed by atoms with van der Waals surface area (Å²) < 4.78 is 9.95. The SMILES string of the molecule is CC#CCn1c(N2CCC[C@@H](N)C2)nc2c1c(=O)n(CC(=O)c1cccc(OC3CCC3)c1)c(=O)n2C. The average Bonchev–Trinajstić information content (AvgIpc) is 3.26. The number of fused-ring (bicyclic) bond motifs is 1. The average molecular weight is 505 g/mol. The second-order valence-electron chi connectivity index (χ2n) is 9.80. The van der Waals surface area contributed by atoms with Crippen molar-refractivity contribution in [3.63, 3.8) is 0 Å². The zero-order chi connectivity index (χ0) is 26.1. The number of Topliss-reactive ketones (excluding diaryl/α,β-unsaturated/α-hetero) is 1. The minimum absolute atomic E-state index is 0.00130. The molecule has 10 heteroatoms. The molecule has 1 saturated carbocycles. The summed E-state index contributed by atoms with van der Waals surface area (Å²) >= 11 is 0. The van der Waals surface area contributed by atoms with Crippen molar-refractivity contribution in [2.45, 2.75) is 64.3 Å². The first-order valence-electron chi connectivity index (χ1n) is 12.8.